The van der Waals surface area contributed by atoms with Gasteiger partial charge >= 0.3 is 0 Å². The summed E-state index contributed by atoms with van der Waals surface area (Å²) in [5.41, 5.74) is 2.21. The summed E-state index contributed by atoms with van der Waals surface area (Å²) in [6, 6.07) is 13.8. The number of halogens is 1. The fourth-order valence-electron chi connectivity index (χ4n) is 2.33. The van der Waals surface area contributed by atoms with Crippen LogP contribution in [-0.4, -0.2) is 20.8 Å². The molecule has 1 atom stereocenters. The first-order valence-corrected chi connectivity index (χ1v) is 7.28. The predicted molar refractivity (Wildman–Crippen MR) is 86.5 cm³/mol. The van der Waals surface area contributed by atoms with Crippen LogP contribution in [0.1, 0.15) is 24.1 Å². The lowest BCUT2D eigenvalue weighted by Crippen LogP contribution is -2.22. The van der Waals surface area contributed by atoms with Crippen LogP contribution in [0.3, 0.4) is 0 Å². The molecular weight excluding hydrogens is 286 g/mol. The molecule has 0 saturated carbocycles. The van der Waals surface area contributed by atoms with E-state index in [4.69, 9.17) is 21.1 Å². The fourth-order valence-corrected chi connectivity index (χ4v) is 2.49. The first kappa shape index (κ1) is 15.7. The van der Waals surface area contributed by atoms with Gasteiger partial charge in [-0.2, -0.15) is 0 Å². The summed E-state index contributed by atoms with van der Waals surface area (Å²) in [4.78, 5) is 0. The third-order valence-electron chi connectivity index (χ3n) is 3.36. The monoisotopic (exact) mass is 305 g/mol. The third kappa shape index (κ3) is 3.69. The van der Waals surface area contributed by atoms with Gasteiger partial charge in [-0.1, -0.05) is 36.7 Å². The van der Waals surface area contributed by atoms with Crippen molar-refractivity contribution in [1.82, 2.24) is 5.32 Å². The van der Waals surface area contributed by atoms with Gasteiger partial charge in [0.05, 0.1) is 20.3 Å². The summed E-state index contributed by atoms with van der Waals surface area (Å²) in [5.74, 6) is 1.63. The lowest BCUT2D eigenvalue weighted by molar-refractivity contribution is 0.404. The van der Waals surface area contributed by atoms with Crippen molar-refractivity contribution < 1.29 is 9.47 Å². The molecule has 0 aromatic heterocycles. The Bertz CT molecular complexity index is 584. The van der Waals surface area contributed by atoms with E-state index in [9.17, 15) is 0 Å². The highest BCUT2D eigenvalue weighted by Gasteiger charge is 2.17. The van der Waals surface area contributed by atoms with Crippen LogP contribution in [0.15, 0.2) is 42.5 Å². The lowest BCUT2D eigenvalue weighted by atomic mass is 9.97. The van der Waals surface area contributed by atoms with E-state index in [2.05, 4.69) is 24.4 Å². The molecule has 1 N–H and O–H groups in total. The van der Waals surface area contributed by atoms with Gasteiger partial charge in [-0.25, -0.2) is 0 Å². The van der Waals surface area contributed by atoms with E-state index in [0.717, 1.165) is 29.2 Å². The topological polar surface area (TPSA) is 30.5 Å². The number of hydrogen-bond donors (Lipinski definition) is 1. The molecule has 3 nitrogen and oxygen atoms in total. The van der Waals surface area contributed by atoms with Crippen molar-refractivity contribution in [1.29, 1.82) is 0 Å². The number of ether oxygens (including phenoxy) is 2. The van der Waals surface area contributed by atoms with Crippen LogP contribution in [0, 0.1) is 0 Å². The number of rotatable bonds is 6. The number of methoxy groups -OCH3 is 2. The van der Waals surface area contributed by atoms with Gasteiger partial charge in [-0.15, -0.1) is 0 Å². The van der Waals surface area contributed by atoms with Crippen molar-refractivity contribution in [2.75, 3.05) is 20.8 Å². The Labute approximate surface area is 130 Å². The molecule has 0 saturated heterocycles. The summed E-state index contributed by atoms with van der Waals surface area (Å²) in [7, 11) is 3.32. The van der Waals surface area contributed by atoms with Crippen molar-refractivity contribution >= 4 is 11.6 Å². The minimum absolute atomic E-state index is 0.0492. The highest BCUT2D eigenvalue weighted by atomic mass is 35.5. The zero-order chi connectivity index (χ0) is 15.2. The van der Waals surface area contributed by atoms with E-state index in [1.54, 1.807) is 14.2 Å². The van der Waals surface area contributed by atoms with Gasteiger partial charge < -0.3 is 14.8 Å². The molecule has 4 heteroatoms. The molecule has 0 aliphatic heterocycles. The molecule has 0 amide bonds. The second-order valence-corrected chi connectivity index (χ2v) is 5.09. The van der Waals surface area contributed by atoms with Gasteiger partial charge in [-0.3, -0.25) is 0 Å². The Morgan fingerprint density at radius 1 is 1.05 bits per heavy atom. The van der Waals surface area contributed by atoms with Crippen LogP contribution in [0.25, 0.3) is 0 Å². The van der Waals surface area contributed by atoms with E-state index >= 15 is 0 Å². The van der Waals surface area contributed by atoms with Crippen LogP contribution < -0.4 is 14.8 Å². The average molecular weight is 306 g/mol. The van der Waals surface area contributed by atoms with Gasteiger partial charge in [0, 0.05) is 10.6 Å². The Kier molecular flexibility index (Phi) is 5.48. The zero-order valence-electron chi connectivity index (χ0n) is 12.5. The highest BCUT2D eigenvalue weighted by molar-refractivity contribution is 6.30. The Hall–Kier alpha value is -1.71. The molecule has 2 aromatic rings. The molecule has 0 spiro atoms. The number of hydrogen-bond acceptors (Lipinski definition) is 3. The zero-order valence-corrected chi connectivity index (χ0v) is 13.3. The molecule has 0 fully saturated rings. The van der Waals surface area contributed by atoms with E-state index < -0.39 is 0 Å². The summed E-state index contributed by atoms with van der Waals surface area (Å²) in [6.45, 7) is 2.93. The lowest BCUT2D eigenvalue weighted by Gasteiger charge is -2.21. The van der Waals surface area contributed by atoms with Gasteiger partial charge in [0.1, 0.15) is 11.5 Å². The SMILES string of the molecule is CCNC(c1ccc(OC)cc1)c1ccc(Cl)cc1OC. The van der Waals surface area contributed by atoms with Gasteiger partial charge in [0.15, 0.2) is 0 Å². The van der Waals surface area contributed by atoms with Gasteiger partial charge in [-0.05, 0) is 36.4 Å². The van der Waals surface area contributed by atoms with E-state index in [1.165, 1.54) is 0 Å². The first-order chi connectivity index (χ1) is 10.2. The highest BCUT2D eigenvalue weighted by Crippen LogP contribution is 2.32. The molecule has 0 aliphatic carbocycles. The van der Waals surface area contributed by atoms with E-state index in [1.807, 2.05) is 30.3 Å². The van der Waals surface area contributed by atoms with Crippen LogP contribution in [0.2, 0.25) is 5.02 Å². The predicted octanol–water partition coefficient (Wildman–Crippen LogP) is 4.06. The molecule has 0 radical (unpaired) electrons. The molecule has 1 unspecified atom stereocenters. The molecular formula is C17H20ClNO2. The molecule has 2 rings (SSSR count). The molecule has 2 aromatic carbocycles. The summed E-state index contributed by atoms with van der Waals surface area (Å²) < 4.78 is 10.7. The number of benzene rings is 2. The van der Waals surface area contributed by atoms with Crippen molar-refractivity contribution in [2.24, 2.45) is 0 Å². The molecule has 0 bridgehead atoms. The van der Waals surface area contributed by atoms with Crippen LogP contribution in [0.5, 0.6) is 11.5 Å². The largest absolute Gasteiger partial charge is 0.497 e. The van der Waals surface area contributed by atoms with Gasteiger partial charge in [0.2, 0.25) is 0 Å². The second kappa shape index (κ2) is 7.34. The van der Waals surface area contributed by atoms with Crippen LogP contribution in [-0.2, 0) is 0 Å². The van der Waals surface area contributed by atoms with Crippen LogP contribution >= 0.6 is 11.6 Å². The second-order valence-electron chi connectivity index (χ2n) is 4.65. The molecule has 112 valence electrons. The van der Waals surface area contributed by atoms with Crippen molar-refractivity contribution in [2.45, 2.75) is 13.0 Å². The normalized spacial score (nSPS) is 12.0. The average Bonchev–Trinajstić information content (AvgIpc) is 2.53. The standard InChI is InChI=1S/C17H20ClNO2/c1-4-19-17(12-5-8-14(20-2)9-6-12)15-10-7-13(18)11-16(15)21-3/h5-11,17,19H,4H2,1-3H3. The van der Waals surface area contributed by atoms with Crippen molar-refractivity contribution in [3.05, 3.63) is 58.6 Å². The van der Waals surface area contributed by atoms with Crippen molar-refractivity contribution in [3.63, 3.8) is 0 Å². The maximum Gasteiger partial charge on any atom is 0.125 e. The maximum atomic E-state index is 6.05. The minimum atomic E-state index is 0.0492. The van der Waals surface area contributed by atoms with E-state index in [0.29, 0.717) is 5.02 Å². The van der Waals surface area contributed by atoms with Gasteiger partial charge in [0.25, 0.3) is 0 Å². The van der Waals surface area contributed by atoms with Crippen molar-refractivity contribution in [3.8, 4) is 11.5 Å². The third-order valence-corrected chi connectivity index (χ3v) is 3.60. The smallest absolute Gasteiger partial charge is 0.125 e. The summed E-state index contributed by atoms with van der Waals surface area (Å²) in [6.07, 6.45) is 0. The van der Waals surface area contributed by atoms with Crippen LogP contribution in [0.4, 0.5) is 0 Å². The quantitative estimate of drug-likeness (QED) is 0.873. The maximum absolute atomic E-state index is 6.05. The first-order valence-electron chi connectivity index (χ1n) is 6.90. The Morgan fingerprint density at radius 2 is 1.76 bits per heavy atom. The summed E-state index contributed by atoms with van der Waals surface area (Å²) >= 11 is 6.05. The number of nitrogens with one attached hydrogen (secondary N) is 1. The van der Waals surface area contributed by atoms with E-state index in [-0.39, 0.29) is 6.04 Å². The molecule has 0 heterocycles. The molecule has 0 aliphatic rings. The molecule has 21 heavy (non-hydrogen) atoms. The summed E-state index contributed by atoms with van der Waals surface area (Å²) in [5, 5.41) is 4.15. The Morgan fingerprint density at radius 3 is 2.33 bits per heavy atom. The Balaban J connectivity index is 2.42. The fraction of sp³-hybridized carbons (Fsp3) is 0.294. The minimum Gasteiger partial charge on any atom is -0.497 e.